The summed E-state index contributed by atoms with van der Waals surface area (Å²) in [7, 11) is -4.31. The van der Waals surface area contributed by atoms with E-state index in [0.29, 0.717) is 3.57 Å². The van der Waals surface area contributed by atoms with E-state index < -0.39 is 22.9 Å². The molecule has 4 nitrogen and oxygen atoms in total. The standard InChI is InChI=1S/C8H7ClF3IN2O2S/c9-6-2-1-5(13)3-7(6)15-18(16,17)14-4-8(10,11)12/h1-3,14-15H,4H2. The summed E-state index contributed by atoms with van der Waals surface area (Å²) in [6.07, 6.45) is -4.62. The highest BCUT2D eigenvalue weighted by Gasteiger charge is 2.29. The van der Waals surface area contributed by atoms with Crippen molar-refractivity contribution in [3.05, 3.63) is 26.8 Å². The molecule has 0 aromatic heterocycles. The molecular formula is C8H7ClF3IN2O2S. The maximum absolute atomic E-state index is 11.9. The van der Waals surface area contributed by atoms with Gasteiger partial charge in [-0.2, -0.15) is 26.3 Å². The number of rotatable bonds is 4. The second-order valence-corrected chi connectivity index (χ2v) is 6.32. The Labute approximate surface area is 120 Å². The summed E-state index contributed by atoms with van der Waals surface area (Å²) in [6.45, 7) is -1.65. The molecule has 0 atom stereocenters. The first kappa shape index (κ1) is 15.8. The van der Waals surface area contributed by atoms with E-state index in [1.165, 1.54) is 16.9 Å². The topological polar surface area (TPSA) is 58.2 Å². The molecule has 0 aliphatic heterocycles. The highest BCUT2D eigenvalue weighted by Crippen LogP contribution is 2.24. The van der Waals surface area contributed by atoms with Gasteiger partial charge in [0.2, 0.25) is 0 Å². The third-order valence-corrected chi connectivity index (χ3v) is 3.65. The van der Waals surface area contributed by atoms with Crippen LogP contribution in [0.4, 0.5) is 18.9 Å². The lowest BCUT2D eigenvalue weighted by molar-refractivity contribution is -0.121. The molecule has 1 aromatic carbocycles. The first-order valence-corrected chi connectivity index (χ1v) is 7.32. The van der Waals surface area contributed by atoms with Crippen LogP contribution in [0.2, 0.25) is 5.02 Å². The molecule has 0 spiro atoms. The van der Waals surface area contributed by atoms with Crippen molar-refractivity contribution in [3.8, 4) is 0 Å². The van der Waals surface area contributed by atoms with Gasteiger partial charge in [-0.1, -0.05) is 11.6 Å². The summed E-state index contributed by atoms with van der Waals surface area (Å²) >= 11 is 7.63. The number of hydrogen-bond acceptors (Lipinski definition) is 2. The molecule has 0 radical (unpaired) electrons. The van der Waals surface area contributed by atoms with Gasteiger partial charge in [0.15, 0.2) is 0 Å². The molecule has 1 aromatic rings. The SMILES string of the molecule is O=S(=O)(NCC(F)(F)F)Nc1cc(I)ccc1Cl. The van der Waals surface area contributed by atoms with Crippen LogP contribution in [0.3, 0.4) is 0 Å². The molecule has 1 rings (SSSR count). The van der Waals surface area contributed by atoms with Gasteiger partial charge in [-0.15, -0.1) is 0 Å². The fourth-order valence-electron chi connectivity index (χ4n) is 0.933. The average molecular weight is 415 g/mol. The Bertz CT molecular complexity index is 536. The lowest BCUT2D eigenvalue weighted by Crippen LogP contribution is -2.37. The zero-order valence-electron chi connectivity index (χ0n) is 8.55. The Morgan fingerprint density at radius 2 is 1.94 bits per heavy atom. The van der Waals surface area contributed by atoms with Crippen LogP contribution in [0.25, 0.3) is 0 Å². The summed E-state index contributed by atoms with van der Waals surface area (Å²) in [6, 6.07) is 4.46. The van der Waals surface area contributed by atoms with Crippen LogP contribution in [0.1, 0.15) is 0 Å². The van der Waals surface area contributed by atoms with Crippen molar-refractivity contribution in [1.82, 2.24) is 4.72 Å². The second kappa shape index (κ2) is 5.80. The van der Waals surface area contributed by atoms with Crippen LogP contribution in [0.15, 0.2) is 18.2 Å². The van der Waals surface area contributed by atoms with Crippen molar-refractivity contribution in [2.45, 2.75) is 6.18 Å². The number of benzene rings is 1. The fourth-order valence-corrected chi connectivity index (χ4v) is 2.53. The van der Waals surface area contributed by atoms with Gasteiger partial charge in [0.1, 0.15) is 6.54 Å². The van der Waals surface area contributed by atoms with Crippen molar-refractivity contribution in [1.29, 1.82) is 0 Å². The van der Waals surface area contributed by atoms with Crippen molar-refractivity contribution in [2.75, 3.05) is 11.3 Å². The molecule has 0 amide bonds. The normalized spacial score (nSPS) is 12.5. The summed E-state index contributed by atoms with van der Waals surface area (Å²) < 4.78 is 62.3. The number of anilines is 1. The minimum absolute atomic E-state index is 0.0123. The van der Waals surface area contributed by atoms with Gasteiger partial charge in [0.05, 0.1) is 10.7 Å². The molecule has 0 bridgehead atoms. The van der Waals surface area contributed by atoms with E-state index in [1.807, 2.05) is 27.3 Å². The quantitative estimate of drug-likeness (QED) is 0.745. The lowest BCUT2D eigenvalue weighted by Gasteiger charge is -2.12. The molecule has 18 heavy (non-hydrogen) atoms. The maximum Gasteiger partial charge on any atom is 0.402 e. The zero-order chi connectivity index (χ0) is 14.0. The smallest absolute Gasteiger partial charge is 0.270 e. The minimum Gasteiger partial charge on any atom is -0.270 e. The van der Waals surface area contributed by atoms with E-state index in [2.05, 4.69) is 0 Å². The molecule has 0 saturated heterocycles. The van der Waals surface area contributed by atoms with Crippen molar-refractivity contribution >= 4 is 50.1 Å². The summed E-state index contributed by atoms with van der Waals surface area (Å²) in [5.41, 5.74) is 0.0123. The Hall–Kier alpha value is -0.260. The number of alkyl halides is 3. The first-order chi connectivity index (χ1) is 8.09. The molecule has 0 aliphatic rings. The molecule has 0 unspecified atom stereocenters. The van der Waals surface area contributed by atoms with E-state index in [0.717, 1.165) is 0 Å². The second-order valence-electron chi connectivity index (χ2n) is 3.17. The predicted octanol–water partition coefficient (Wildman–Crippen LogP) is 2.75. The van der Waals surface area contributed by atoms with Crippen LogP contribution in [0, 0.1) is 3.57 Å². The molecule has 0 saturated carbocycles. The summed E-state index contributed by atoms with van der Waals surface area (Å²) in [5, 5.41) is 0.0906. The average Bonchev–Trinajstić information content (AvgIpc) is 2.20. The van der Waals surface area contributed by atoms with E-state index in [-0.39, 0.29) is 10.7 Å². The summed E-state index contributed by atoms with van der Waals surface area (Å²) in [4.78, 5) is 0. The Kier molecular flexibility index (Phi) is 5.09. The zero-order valence-corrected chi connectivity index (χ0v) is 12.3. The van der Waals surface area contributed by atoms with Crippen molar-refractivity contribution in [2.24, 2.45) is 0 Å². The van der Waals surface area contributed by atoms with Gasteiger partial charge in [-0.05, 0) is 40.8 Å². The first-order valence-electron chi connectivity index (χ1n) is 4.38. The highest BCUT2D eigenvalue weighted by atomic mass is 127. The van der Waals surface area contributed by atoms with E-state index in [9.17, 15) is 21.6 Å². The van der Waals surface area contributed by atoms with Crippen LogP contribution in [-0.4, -0.2) is 21.1 Å². The lowest BCUT2D eigenvalue weighted by atomic mass is 10.3. The highest BCUT2D eigenvalue weighted by molar-refractivity contribution is 14.1. The molecule has 2 N–H and O–H groups in total. The third kappa shape index (κ3) is 5.59. The largest absolute Gasteiger partial charge is 0.402 e. The predicted molar refractivity (Wildman–Crippen MR) is 70.8 cm³/mol. The monoisotopic (exact) mass is 414 g/mol. The minimum atomic E-state index is -4.62. The molecular weight excluding hydrogens is 408 g/mol. The third-order valence-electron chi connectivity index (χ3n) is 1.64. The van der Waals surface area contributed by atoms with E-state index in [1.54, 1.807) is 6.07 Å². The van der Waals surface area contributed by atoms with E-state index in [4.69, 9.17) is 11.6 Å². The van der Waals surface area contributed by atoms with Gasteiger partial charge in [0.25, 0.3) is 10.2 Å². The molecule has 0 aliphatic carbocycles. The number of hydrogen-bond donors (Lipinski definition) is 2. The summed E-state index contributed by atoms with van der Waals surface area (Å²) in [5.74, 6) is 0. The Morgan fingerprint density at radius 3 is 2.50 bits per heavy atom. The van der Waals surface area contributed by atoms with Gasteiger partial charge >= 0.3 is 6.18 Å². The number of nitrogens with one attached hydrogen (secondary N) is 2. The molecule has 0 heterocycles. The van der Waals surface area contributed by atoms with Crippen molar-refractivity contribution < 1.29 is 21.6 Å². The van der Waals surface area contributed by atoms with Crippen LogP contribution in [0.5, 0.6) is 0 Å². The van der Waals surface area contributed by atoms with Gasteiger partial charge < -0.3 is 0 Å². The molecule has 0 fully saturated rings. The van der Waals surface area contributed by atoms with Gasteiger partial charge in [-0.3, -0.25) is 4.72 Å². The van der Waals surface area contributed by atoms with Crippen LogP contribution in [-0.2, 0) is 10.2 Å². The van der Waals surface area contributed by atoms with Crippen molar-refractivity contribution in [3.63, 3.8) is 0 Å². The Balaban J connectivity index is 2.80. The Morgan fingerprint density at radius 1 is 1.33 bits per heavy atom. The van der Waals surface area contributed by atoms with Gasteiger partial charge in [0, 0.05) is 3.57 Å². The van der Waals surface area contributed by atoms with Gasteiger partial charge in [-0.25, -0.2) is 0 Å². The number of halogens is 5. The molecule has 102 valence electrons. The van der Waals surface area contributed by atoms with E-state index >= 15 is 0 Å². The molecule has 10 heteroatoms. The fraction of sp³-hybridized carbons (Fsp3) is 0.250. The maximum atomic E-state index is 11.9. The van der Waals surface area contributed by atoms with Crippen LogP contribution < -0.4 is 9.44 Å². The van der Waals surface area contributed by atoms with Crippen LogP contribution >= 0.6 is 34.2 Å².